The fraction of sp³-hybridized carbons (Fsp3) is 0.718. The Kier molecular flexibility index (Phi) is 15.1. The van der Waals surface area contributed by atoms with E-state index in [0.717, 1.165) is 70.3 Å². The van der Waals surface area contributed by atoms with E-state index in [1.807, 2.05) is 6.92 Å². The molecule has 9 heteroatoms. The number of benzene rings is 1. The summed E-state index contributed by atoms with van der Waals surface area (Å²) in [6.45, 7) is 8.79. The van der Waals surface area contributed by atoms with Gasteiger partial charge < -0.3 is 5.11 Å². The van der Waals surface area contributed by atoms with Crippen molar-refractivity contribution in [1.82, 2.24) is 0 Å². The van der Waals surface area contributed by atoms with Gasteiger partial charge in [0.2, 0.25) is 0 Å². The Balaban J connectivity index is 1.84. The predicted octanol–water partition coefficient (Wildman–Crippen LogP) is 12.4. The zero-order chi connectivity index (χ0) is 35.8. The lowest BCUT2D eigenvalue weighted by molar-refractivity contribution is -0.150. The molecule has 1 aromatic rings. The summed E-state index contributed by atoms with van der Waals surface area (Å²) in [4.78, 5) is 39.4. The summed E-state index contributed by atoms with van der Waals surface area (Å²) >= 11 is 12.7. The lowest BCUT2D eigenvalue weighted by Crippen LogP contribution is -2.36. The lowest BCUT2D eigenvalue weighted by atomic mass is 9.64. The molecule has 4 nitrogen and oxygen atoms in total. The van der Waals surface area contributed by atoms with Crippen LogP contribution in [-0.2, 0) is 9.59 Å². The Bertz CT molecular complexity index is 1280. The van der Waals surface area contributed by atoms with Gasteiger partial charge in [0.25, 0.3) is 0 Å². The van der Waals surface area contributed by atoms with Crippen molar-refractivity contribution in [3.8, 4) is 0 Å². The minimum atomic E-state index is -4.64. The summed E-state index contributed by atoms with van der Waals surface area (Å²) in [5.74, 6) is -1.17. The highest BCUT2D eigenvalue weighted by molar-refractivity contribution is 6.40. The van der Waals surface area contributed by atoms with Gasteiger partial charge >= 0.3 is 12.1 Å². The molecular weight excluding hydrogens is 660 g/mol. The van der Waals surface area contributed by atoms with Crippen LogP contribution >= 0.6 is 23.2 Å². The van der Waals surface area contributed by atoms with E-state index < -0.39 is 34.8 Å². The minimum Gasteiger partial charge on any atom is -0.481 e. The molecule has 0 heterocycles. The minimum absolute atomic E-state index is 0.0300. The van der Waals surface area contributed by atoms with Crippen molar-refractivity contribution in [3.05, 3.63) is 44.5 Å². The van der Waals surface area contributed by atoms with Gasteiger partial charge in [-0.25, -0.2) is 0 Å². The Morgan fingerprint density at radius 2 is 1.52 bits per heavy atom. The number of halogens is 5. The average molecular weight is 716 g/mol. The molecule has 270 valence electrons. The molecule has 3 rings (SSSR count). The standard InChI is InChI=1S/C39H55Cl2F3O4/c1-6-27(30(7-2)28-18-20-38(5,21-19-28)37(47)48)14-16-31(25(4)39(42,43)44)36(46)29(13-12-26-10-8-9-11-26)15-17-34(45)35-32(40)22-24(3)23-33(35)41/h22-23,26-30H,6-21H2,1-5H3,(H,47,48). The molecule has 3 atom stereocenters. The van der Waals surface area contributed by atoms with Crippen LogP contribution in [0.15, 0.2) is 23.3 Å². The number of allylic oxidation sites excluding steroid dienone is 2. The number of Topliss-reactive ketones (excluding diaryl/α,β-unsaturated/α-hetero) is 2. The molecule has 1 N–H and O–H groups in total. The summed E-state index contributed by atoms with van der Waals surface area (Å²) in [6.07, 6.45) is 5.89. The summed E-state index contributed by atoms with van der Waals surface area (Å²) in [7, 11) is 0. The van der Waals surface area contributed by atoms with E-state index in [1.165, 1.54) is 0 Å². The number of hydrogen-bond donors (Lipinski definition) is 1. The van der Waals surface area contributed by atoms with Crippen LogP contribution < -0.4 is 0 Å². The molecular formula is C39H55Cl2F3O4. The van der Waals surface area contributed by atoms with Crippen molar-refractivity contribution < 1.29 is 32.7 Å². The van der Waals surface area contributed by atoms with E-state index in [9.17, 15) is 32.7 Å². The maximum Gasteiger partial charge on any atom is 0.412 e. The van der Waals surface area contributed by atoms with E-state index >= 15 is 0 Å². The molecule has 0 saturated heterocycles. The monoisotopic (exact) mass is 714 g/mol. The summed E-state index contributed by atoms with van der Waals surface area (Å²) in [6, 6.07) is 3.31. The summed E-state index contributed by atoms with van der Waals surface area (Å²) < 4.78 is 43.0. The topological polar surface area (TPSA) is 71.4 Å². The molecule has 2 saturated carbocycles. The second-order valence-corrected chi connectivity index (χ2v) is 15.8. The molecule has 0 aromatic heterocycles. The van der Waals surface area contributed by atoms with E-state index in [2.05, 4.69) is 13.8 Å². The number of hydrogen-bond acceptors (Lipinski definition) is 3. The second kappa shape index (κ2) is 17.9. The first-order valence-corrected chi connectivity index (χ1v) is 18.8. The van der Waals surface area contributed by atoms with Crippen molar-refractivity contribution >= 4 is 40.7 Å². The van der Waals surface area contributed by atoms with Crippen LogP contribution in [0.5, 0.6) is 0 Å². The third kappa shape index (κ3) is 10.6. The van der Waals surface area contributed by atoms with Gasteiger partial charge in [-0.15, -0.1) is 0 Å². The Hall–Kier alpha value is -1.86. The van der Waals surface area contributed by atoms with Crippen LogP contribution in [0.2, 0.25) is 10.0 Å². The van der Waals surface area contributed by atoms with Crippen molar-refractivity contribution in [2.75, 3.05) is 0 Å². The molecule has 1 aromatic carbocycles. The molecule has 0 aliphatic heterocycles. The van der Waals surface area contributed by atoms with Crippen molar-refractivity contribution in [2.45, 2.75) is 144 Å². The van der Waals surface area contributed by atoms with Crippen molar-refractivity contribution in [2.24, 2.45) is 35.0 Å². The smallest absolute Gasteiger partial charge is 0.412 e. The van der Waals surface area contributed by atoms with E-state index in [1.54, 1.807) is 19.1 Å². The van der Waals surface area contributed by atoms with Gasteiger partial charge in [0.05, 0.1) is 21.0 Å². The fourth-order valence-electron chi connectivity index (χ4n) is 8.47. The lowest BCUT2D eigenvalue weighted by Gasteiger charge is -2.40. The largest absolute Gasteiger partial charge is 0.481 e. The number of aliphatic carboxylic acids is 1. The number of alkyl halides is 3. The number of carbonyl (C=O) groups is 3. The Labute approximate surface area is 295 Å². The second-order valence-electron chi connectivity index (χ2n) is 14.9. The zero-order valence-electron chi connectivity index (χ0n) is 29.4. The van der Waals surface area contributed by atoms with E-state index in [-0.39, 0.29) is 58.1 Å². The van der Waals surface area contributed by atoms with Gasteiger partial charge in [-0.05, 0) is 120 Å². The molecule has 2 fully saturated rings. The number of carboxylic acid groups (broad SMARTS) is 1. The SMILES string of the molecule is CCC(CCC(C(=O)C(CCC(=O)c1c(Cl)cc(C)cc1Cl)CCC1CCCC1)=C(C)C(F)(F)F)C(CC)C1CCC(C)(C(=O)O)CC1. The van der Waals surface area contributed by atoms with Gasteiger partial charge in [0.1, 0.15) is 0 Å². The molecule has 3 unspecified atom stereocenters. The van der Waals surface area contributed by atoms with Gasteiger partial charge in [-0.1, -0.05) is 75.6 Å². The molecule has 0 bridgehead atoms. The molecule has 2 aliphatic carbocycles. The fourth-order valence-corrected chi connectivity index (χ4v) is 9.28. The van der Waals surface area contributed by atoms with E-state index in [0.29, 0.717) is 37.5 Å². The van der Waals surface area contributed by atoms with Crippen molar-refractivity contribution in [3.63, 3.8) is 0 Å². The van der Waals surface area contributed by atoms with Crippen LogP contribution in [0.4, 0.5) is 13.2 Å². The average Bonchev–Trinajstić information content (AvgIpc) is 3.54. The van der Waals surface area contributed by atoms with Crippen LogP contribution in [0.3, 0.4) is 0 Å². The van der Waals surface area contributed by atoms with Gasteiger partial charge in [-0.2, -0.15) is 13.2 Å². The van der Waals surface area contributed by atoms with E-state index in [4.69, 9.17) is 23.2 Å². The highest BCUT2D eigenvalue weighted by Gasteiger charge is 2.41. The summed E-state index contributed by atoms with van der Waals surface area (Å²) in [5, 5.41) is 10.2. The highest BCUT2D eigenvalue weighted by atomic mass is 35.5. The molecule has 0 amide bonds. The first-order chi connectivity index (χ1) is 22.5. The third-order valence-electron chi connectivity index (χ3n) is 11.8. The Morgan fingerprint density at radius 1 is 0.938 bits per heavy atom. The highest BCUT2D eigenvalue weighted by Crippen LogP contribution is 2.46. The normalized spacial score (nSPS) is 23.0. The first kappa shape index (κ1) is 40.6. The zero-order valence-corrected chi connectivity index (χ0v) is 30.9. The molecule has 0 radical (unpaired) electrons. The Morgan fingerprint density at radius 3 is 2.02 bits per heavy atom. The van der Waals surface area contributed by atoms with Crippen LogP contribution in [-0.4, -0.2) is 28.8 Å². The van der Waals surface area contributed by atoms with Crippen LogP contribution in [0.25, 0.3) is 0 Å². The number of carbonyl (C=O) groups excluding carboxylic acids is 2. The van der Waals surface area contributed by atoms with Gasteiger partial charge in [-0.3, -0.25) is 14.4 Å². The van der Waals surface area contributed by atoms with Gasteiger partial charge in [0.15, 0.2) is 11.6 Å². The maximum absolute atomic E-state index is 14.3. The predicted molar refractivity (Wildman–Crippen MR) is 188 cm³/mol. The number of ketones is 2. The van der Waals surface area contributed by atoms with Crippen LogP contribution in [0, 0.1) is 41.9 Å². The molecule has 0 spiro atoms. The third-order valence-corrected chi connectivity index (χ3v) is 12.3. The number of carboxylic acids is 1. The molecule has 2 aliphatic rings. The quantitative estimate of drug-likeness (QED) is 0.129. The van der Waals surface area contributed by atoms with Crippen LogP contribution in [0.1, 0.15) is 146 Å². The number of aryl methyl sites for hydroxylation is 1. The van der Waals surface area contributed by atoms with Gasteiger partial charge in [0, 0.05) is 23.5 Å². The first-order valence-electron chi connectivity index (χ1n) is 18.1. The van der Waals surface area contributed by atoms with Crippen molar-refractivity contribution in [1.29, 1.82) is 0 Å². The molecule has 48 heavy (non-hydrogen) atoms. The number of rotatable bonds is 17. The maximum atomic E-state index is 14.3. The summed E-state index contributed by atoms with van der Waals surface area (Å²) in [5.41, 5.74) is -0.731.